The molecule has 1 amide bonds. The summed E-state index contributed by atoms with van der Waals surface area (Å²) >= 11 is 0. The van der Waals surface area contributed by atoms with Gasteiger partial charge >= 0.3 is 0 Å². The van der Waals surface area contributed by atoms with Crippen LogP contribution in [0.15, 0.2) is 54.9 Å². The van der Waals surface area contributed by atoms with Crippen molar-refractivity contribution >= 4 is 11.7 Å². The van der Waals surface area contributed by atoms with Crippen molar-refractivity contribution in [2.24, 2.45) is 7.05 Å². The fourth-order valence-electron chi connectivity index (χ4n) is 6.31. The van der Waals surface area contributed by atoms with E-state index in [1.807, 2.05) is 40.8 Å². The van der Waals surface area contributed by atoms with Crippen LogP contribution in [0.1, 0.15) is 77.3 Å². The molecule has 1 saturated carbocycles. The Labute approximate surface area is 251 Å². The molecule has 1 aliphatic carbocycles. The Bertz CT molecular complexity index is 1730. The standard InChI is InChI=1S/C34H35N7O2/c1-22(40-11-3-13-43-14-4-12-40)25-8-9-26-20-41(34(42)29(26)16-25)32-18-27(17-31(37-32)24-6-7-24)28-10-5-23(19-35)15-30(28)33-38-36-21-39(33)2/h5,8-10,15-18,21-22,24H,3-4,6-7,11-14,20H2,1-2H3. The van der Waals surface area contributed by atoms with Crippen molar-refractivity contribution in [3.63, 3.8) is 0 Å². The minimum atomic E-state index is -0.00938. The number of hydrogen-bond donors (Lipinski definition) is 0. The lowest BCUT2D eigenvalue weighted by Gasteiger charge is -2.31. The molecule has 7 rings (SSSR count). The van der Waals surface area contributed by atoms with E-state index in [1.54, 1.807) is 6.33 Å². The number of nitrogens with zero attached hydrogens (tertiary/aromatic N) is 7. The van der Waals surface area contributed by atoms with Gasteiger partial charge in [0.05, 0.1) is 18.2 Å². The van der Waals surface area contributed by atoms with Crippen LogP contribution >= 0.6 is 0 Å². The molecule has 2 aliphatic heterocycles. The number of carbonyl (C=O) groups is 1. The maximum absolute atomic E-state index is 14.0. The molecular formula is C34H35N7O2. The van der Waals surface area contributed by atoms with Crippen LogP contribution in [-0.2, 0) is 18.3 Å². The first-order valence-corrected chi connectivity index (χ1v) is 15.2. The fraction of sp³-hybridized carbons (Fsp3) is 0.382. The van der Waals surface area contributed by atoms with Crippen LogP contribution < -0.4 is 4.90 Å². The van der Waals surface area contributed by atoms with Crippen molar-refractivity contribution in [2.75, 3.05) is 31.2 Å². The zero-order valence-electron chi connectivity index (χ0n) is 24.7. The van der Waals surface area contributed by atoms with E-state index in [4.69, 9.17) is 9.72 Å². The first kappa shape index (κ1) is 27.4. The number of fused-ring (bicyclic) bond motifs is 1. The molecule has 3 aliphatic rings. The summed E-state index contributed by atoms with van der Waals surface area (Å²) in [6.45, 7) is 6.32. The molecule has 9 nitrogen and oxygen atoms in total. The number of carbonyl (C=O) groups excluding carboxylic acids is 1. The number of aryl methyl sites for hydroxylation is 1. The Morgan fingerprint density at radius 2 is 1.81 bits per heavy atom. The molecule has 4 heterocycles. The highest BCUT2D eigenvalue weighted by atomic mass is 16.5. The normalized spacial score (nSPS) is 18.2. The fourth-order valence-corrected chi connectivity index (χ4v) is 6.31. The Morgan fingerprint density at radius 1 is 1.00 bits per heavy atom. The molecule has 0 bridgehead atoms. The molecule has 9 heteroatoms. The number of rotatable bonds is 6. The molecule has 2 fully saturated rings. The predicted molar refractivity (Wildman–Crippen MR) is 163 cm³/mol. The van der Waals surface area contributed by atoms with Gasteiger partial charge in [0.15, 0.2) is 5.82 Å². The van der Waals surface area contributed by atoms with E-state index in [9.17, 15) is 10.1 Å². The van der Waals surface area contributed by atoms with Gasteiger partial charge in [-0.1, -0.05) is 18.2 Å². The van der Waals surface area contributed by atoms with Crippen molar-refractivity contribution < 1.29 is 9.53 Å². The Morgan fingerprint density at radius 3 is 2.53 bits per heavy atom. The summed E-state index contributed by atoms with van der Waals surface area (Å²) in [5.41, 5.74) is 7.22. The van der Waals surface area contributed by atoms with Crippen molar-refractivity contribution in [3.8, 4) is 28.6 Å². The van der Waals surface area contributed by atoms with Crippen LogP contribution in [0.5, 0.6) is 0 Å². The van der Waals surface area contributed by atoms with Gasteiger partial charge in [-0.3, -0.25) is 14.6 Å². The molecule has 1 saturated heterocycles. The summed E-state index contributed by atoms with van der Waals surface area (Å²) in [4.78, 5) is 23.3. The van der Waals surface area contributed by atoms with Gasteiger partial charge in [0, 0.05) is 62.1 Å². The molecule has 43 heavy (non-hydrogen) atoms. The molecule has 1 unspecified atom stereocenters. The van der Waals surface area contributed by atoms with Gasteiger partial charge in [-0.25, -0.2) is 4.98 Å². The minimum Gasteiger partial charge on any atom is -0.381 e. The van der Waals surface area contributed by atoms with Crippen LogP contribution in [0.2, 0.25) is 0 Å². The lowest BCUT2D eigenvalue weighted by molar-refractivity contribution is 0.0760. The van der Waals surface area contributed by atoms with Crippen LogP contribution in [-0.4, -0.2) is 56.9 Å². The zero-order chi connectivity index (χ0) is 29.5. The average Bonchev–Trinajstić information content (AvgIpc) is 3.70. The summed E-state index contributed by atoms with van der Waals surface area (Å²) in [6.07, 6.45) is 5.88. The van der Waals surface area contributed by atoms with Crippen molar-refractivity contribution in [1.29, 1.82) is 5.26 Å². The van der Waals surface area contributed by atoms with Gasteiger partial charge in [0.25, 0.3) is 5.91 Å². The summed E-state index contributed by atoms with van der Waals surface area (Å²) in [6, 6.07) is 18.6. The van der Waals surface area contributed by atoms with Crippen molar-refractivity contribution in [2.45, 2.75) is 51.1 Å². The highest BCUT2D eigenvalue weighted by molar-refractivity contribution is 6.10. The van der Waals surface area contributed by atoms with E-state index in [-0.39, 0.29) is 11.9 Å². The highest BCUT2D eigenvalue weighted by Gasteiger charge is 2.33. The summed E-state index contributed by atoms with van der Waals surface area (Å²) in [5, 5.41) is 18.0. The van der Waals surface area contributed by atoms with Crippen LogP contribution in [0.25, 0.3) is 22.5 Å². The maximum Gasteiger partial charge on any atom is 0.260 e. The van der Waals surface area contributed by atoms with Crippen LogP contribution in [0.3, 0.4) is 0 Å². The molecule has 0 radical (unpaired) electrons. The Hall–Kier alpha value is -4.39. The predicted octanol–water partition coefficient (Wildman–Crippen LogP) is 5.63. The van der Waals surface area contributed by atoms with E-state index < -0.39 is 0 Å². The average molecular weight is 574 g/mol. The Balaban J connectivity index is 1.23. The second-order valence-corrected chi connectivity index (χ2v) is 11.9. The zero-order valence-corrected chi connectivity index (χ0v) is 24.7. The molecule has 0 N–H and O–H groups in total. The molecule has 1 atom stereocenters. The van der Waals surface area contributed by atoms with Gasteiger partial charge in [-0.05, 0) is 85.2 Å². The van der Waals surface area contributed by atoms with Gasteiger partial charge in [0.2, 0.25) is 0 Å². The first-order valence-electron chi connectivity index (χ1n) is 15.2. The van der Waals surface area contributed by atoms with Crippen molar-refractivity contribution in [1.82, 2.24) is 24.6 Å². The van der Waals surface area contributed by atoms with Gasteiger partial charge in [-0.2, -0.15) is 5.26 Å². The van der Waals surface area contributed by atoms with E-state index in [0.717, 1.165) is 85.5 Å². The second-order valence-electron chi connectivity index (χ2n) is 11.9. The van der Waals surface area contributed by atoms with E-state index in [0.29, 0.717) is 29.7 Å². The second kappa shape index (κ2) is 11.4. The molecular weight excluding hydrogens is 538 g/mol. The summed E-state index contributed by atoms with van der Waals surface area (Å²) < 4.78 is 7.49. The minimum absolute atomic E-state index is 0.00938. The third kappa shape index (κ3) is 5.33. The number of hydrogen-bond acceptors (Lipinski definition) is 7. The molecule has 4 aromatic rings. The number of benzene rings is 2. The molecule has 218 valence electrons. The largest absolute Gasteiger partial charge is 0.381 e. The molecule has 2 aromatic heterocycles. The number of ether oxygens (including phenoxy) is 1. The summed E-state index contributed by atoms with van der Waals surface area (Å²) in [5.74, 6) is 1.72. The van der Waals surface area contributed by atoms with Gasteiger partial charge in [-0.15, -0.1) is 10.2 Å². The third-order valence-electron chi connectivity index (χ3n) is 8.95. The Kier molecular flexibility index (Phi) is 7.25. The number of aromatic nitrogens is 4. The topological polar surface area (TPSA) is 100 Å². The van der Waals surface area contributed by atoms with Gasteiger partial charge in [0.1, 0.15) is 12.1 Å². The maximum atomic E-state index is 14.0. The lowest BCUT2D eigenvalue weighted by atomic mass is 9.96. The summed E-state index contributed by atoms with van der Waals surface area (Å²) in [7, 11) is 1.89. The molecule has 0 spiro atoms. The number of pyridine rings is 1. The number of nitriles is 1. The van der Waals surface area contributed by atoms with E-state index >= 15 is 0 Å². The molecule has 2 aromatic carbocycles. The van der Waals surface area contributed by atoms with Gasteiger partial charge < -0.3 is 9.30 Å². The number of anilines is 1. The monoisotopic (exact) mass is 573 g/mol. The van der Waals surface area contributed by atoms with Crippen molar-refractivity contribution in [3.05, 3.63) is 82.8 Å². The highest BCUT2D eigenvalue weighted by Crippen LogP contribution is 2.43. The van der Waals surface area contributed by atoms with Crippen LogP contribution in [0, 0.1) is 11.3 Å². The SMILES string of the molecule is CC(c1ccc2c(c1)C(=O)N(c1cc(-c3ccc(C#N)cc3-c3nncn3C)cc(C3CC3)n1)C2)N1CCCOCCC1. The van der Waals surface area contributed by atoms with Crippen LogP contribution in [0.4, 0.5) is 5.82 Å². The smallest absolute Gasteiger partial charge is 0.260 e. The number of amides is 1. The van der Waals surface area contributed by atoms with E-state index in [2.05, 4.69) is 52.4 Å². The van der Waals surface area contributed by atoms with E-state index in [1.165, 1.54) is 5.56 Å². The quantitative estimate of drug-likeness (QED) is 0.295. The lowest BCUT2D eigenvalue weighted by Crippen LogP contribution is -2.32. The first-order chi connectivity index (χ1) is 21.0. The third-order valence-corrected chi connectivity index (χ3v) is 8.95.